The predicted octanol–water partition coefficient (Wildman–Crippen LogP) is 1.37. The Morgan fingerprint density at radius 3 is 2.81 bits per heavy atom. The van der Waals surface area contributed by atoms with Crippen LogP contribution in [0, 0.1) is 13.8 Å². The van der Waals surface area contributed by atoms with Gasteiger partial charge in [-0.25, -0.2) is 4.98 Å². The fourth-order valence-corrected chi connectivity index (χ4v) is 2.41. The highest BCUT2D eigenvalue weighted by atomic mass is 16.1. The molecule has 0 aliphatic rings. The molecule has 0 aromatic carbocycles. The maximum Gasteiger partial charge on any atom is 0.220 e. The molecule has 2 aromatic heterocycles. The van der Waals surface area contributed by atoms with Crippen molar-refractivity contribution in [3.63, 3.8) is 0 Å². The highest BCUT2D eigenvalue weighted by molar-refractivity contribution is 5.76. The van der Waals surface area contributed by atoms with E-state index >= 15 is 0 Å². The molecule has 0 saturated carbocycles. The Bertz CT molecular complexity index is 585. The molecule has 114 valence electrons. The van der Waals surface area contributed by atoms with E-state index in [2.05, 4.69) is 15.4 Å². The predicted molar refractivity (Wildman–Crippen MR) is 80.9 cm³/mol. The fraction of sp³-hybridized carbons (Fsp3) is 0.533. The van der Waals surface area contributed by atoms with Gasteiger partial charge < -0.3 is 9.88 Å². The van der Waals surface area contributed by atoms with E-state index in [9.17, 15) is 4.79 Å². The van der Waals surface area contributed by atoms with Crippen LogP contribution in [0.5, 0.6) is 0 Å². The van der Waals surface area contributed by atoms with Crippen LogP contribution in [0.1, 0.15) is 29.8 Å². The lowest BCUT2D eigenvalue weighted by molar-refractivity contribution is -0.121. The van der Waals surface area contributed by atoms with Crippen molar-refractivity contribution in [3.05, 3.63) is 35.7 Å². The number of carbonyl (C=O) groups is 1. The minimum Gasteiger partial charge on any atom is -0.356 e. The van der Waals surface area contributed by atoms with E-state index in [1.54, 1.807) is 12.5 Å². The maximum atomic E-state index is 11.8. The third-order valence-corrected chi connectivity index (χ3v) is 3.74. The van der Waals surface area contributed by atoms with Gasteiger partial charge in [0.1, 0.15) is 0 Å². The van der Waals surface area contributed by atoms with Crippen molar-refractivity contribution in [2.75, 3.05) is 6.54 Å². The lowest BCUT2D eigenvalue weighted by Gasteiger charge is -2.06. The molecule has 21 heavy (non-hydrogen) atoms. The second-order valence-electron chi connectivity index (χ2n) is 5.28. The van der Waals surface area contributed by atoms with Gasteiger partial charge in [-0.1, -0.05) is 0 Å². The van der Waals surface area contributed by atoms with Gasteiger partial charge in [-0.3, -0.25) is 9.48 Å². The minimum atomic E-state index is 0.100. The van der Waals surface area contributed by atoms with Gasteiger partial charge in [0.15, 0.2) is 0 Å². The van der Waals surface area contributed by atoms with Crippen LogP contribution >= 0.6 is 0 Å². The van der Waals surface area contributed by atoms with Gasteiger partial charge in [0.05, 0.1) is 12.0 Å². The average molecular weight is 289 g/mol. The van der Waals surface area contributed by atoms with E-state index < -0.39 is 0 Å². The fourth-order valence-electron chi connectivity index (χ4n) is 2.41. The first-order chi connectivity index (χ1) is 10.1. The zero-order valence-electron chi connectivity index (χ0n) is 13.0. The average Bonchev–Trinajstić information content (AvgIpc) is 3.03. The van der Waals surface area contributed by atoms with Crippen LogP contribution in [0.4, 0.5) is 0 Å². The van der Waals surface area contributed by atoms with Crippen LogP contribution < -0.4 is 5.32 Å². The molecule has 2 aromatic rings. The van der Waals surface area contributed by atoms with Gasteiger partial charge in [0, 0.05) is 44.6 Å². The molecule has 0 fully saturated rings. The standard InChI is InChI=1S/C15H23N5O/c1-12-14(13(2)19(3)18-12)5-6-15(21)17-7-4-9-20-10-8-16-11-20/h8,10-11H,4-7,9H2,1-3H3,(H,17,21). The molecule has 6 heteroatoms. The van der Waals surface area contributed by atoms with Crippen molar-refractivity contribution in [2.45, 2.75) is 39.7 Å². The number of aromatic nitrogens is 4. The van der Waals surface area contributed by atoms with Gasteiger partial charge in [0.25, 0.3) is 0 Å². The summed E-state index contributed by atoms with van der Waals surface area (Å²) < 4.78 is 3.88. The molecule has 2 heterocycles. The zero-order chi connectivity index (χ0) is 15.2. The molecule has 1 amide bonds. The Morgan fingerprint density at radius 1 is 1.38 bits per heavy atom. The number of amides is 1. The maximum absolute atomic E-state index is 11.8. The molecular weight excluding hydrogens is 266 g/mol. The van der Waals surface area contributed by atoms with E-state index in [-0.39, 0.29) is 5.91 Å². The molecular formula is C15H23N5O. The van der Waals surface area contributed by atoms with Crippen LogP contribution in [-0.2, 0) is 24.8 Å². The molecule has 0 aliphatic heterocycles. The van der Waals surface area contributed by atoms with Crippen molar-refractivity contribution < 1.29 is 4.79 Å². The quantitative estimate of drug-likeness (QED) is 0.783. The molecule has 0 radical (unpaired) electrons. The SMILES string of the molecule is Cc1nn(C)c(C)c1CCC(=O)NCCCn1ccnc1. The second kappa shape index (κ2) is 7.06. The zero-order valence-corrected chi connectivity index (χ0v) is 13.0. The Kier molecular flexibility index (Phi) is 5.14. The summed E-state index contributed by atoms with van der Waals surface area (Å²) >= 11 is 0. The molecule has 0 unspecified atom stereocenters. The smallest absolute Gasteiger partial charge is 0.220 e. The molecule has 0 atom stereocenters. The van der Waals surface area contributed by atoms with E-state index in [0.717, 1.165) is 30.8 Å². The van der Waals surface area contributed by atoms with Crippen LogP contribution in [0.15, 0.2) is 18.7 Å². The summed E-state index contributed by atoms with van der Waals surface area (Å²) in [6, 6.07) is 0. The summed E-state index contributed by atoms with van der Waals surface area (Å²) in [6.45, 7) is 5.60. The van der Waals surface area contributed by atoms with Crippen molar-refractivity contribution in [1.82, 2.24) is 24.6 Å². The Morgan fingerprint density at radius 2 is 2.19 bits per heavy atom. The summed E-state index contributed by atoms with van der Waals surface area (Å²) in [7, 11) is 1.93. The van der Waals surface area contributed by atoms with Crippen LogP contribution in [0.3, 0.4) is 0 Å². The van der Waals surface area contributed by atoms with E-state index in [0.29, 0.717) is 13.0 Å². The Labute approximate surface area is 125 Å². The topological polar surface area (TPSA) is 64.7 Å². The summed E-state index contributed by atoms with van der Waals surface area (Å²) in [4.78, 5) is 15.8. The van der Waals surface area contributed by atoms with Crippen molar-refractivity contribution in [2.24, 2.45) is 7.05 Å². The number of imidazole rings is 1. The van der Waals surface area contributed by atoms with Crippen molar-refractivity contribution in [1.29, 1.82) is 0 Å². The van der Waals surface area contributed by atoms with Gasteiger partial charge in [-0.15, -0.1) is 0 Å². The van der Waals surface area contributed by atoms with Crippen molar-refractivity contribution >= 4 is 5.91 Å². The minimum absolute atomic E-state index is 0.100. The summed E-state index contributed by atoms with van der Waals surface area (Å²) in [5.41, 5.74) is 3.34. The number of hydrogen-bond donors (Lipinski definition) is 1. The third kappa shape index (κ3) is 4.18. The van der Waals surface area contributed by atoms with Crippen molar-refractivity contribution in [3.8, 4) is 0 Å². The van der Waals surface area contributed by atoms with Gasteiger partial charge in [-0.05, 0) is 32.3 Å². The molecule has 0 aliphatic carbocycles. The van der Waals surface area contributed by atoms with Gasteiger partial charge >= 0.3 is 0 Å². The molecule has 0 spiro atoms. The monoisotopic (exact) mass is 289 g/mol. The Balaban J connectivity index is 1.67. The highest BCUT2D eigenvalue weighted by Crippen LogP contribution is 2.13. The molecule has 6 nitrogen and oxygen atoms in total. The van der Waals surface area contributed by atoms with Crippen LogP contribution in [0.2, 0.25) is 0 Å². The molecule has 1 N–H and O–H groups in total. The largest absolute Gasteiger partial charge is 0.356 e. The number of nitrogens with one attached hydrogen (secondary N) is 1. The first-order valence-corrected chi connectivity index (χ1v) is 7.29. The number of aryl methyl sites for hydroxylation is 3. The van der Waals surface area contributed by atoms with E-state index in [4.69, 9.17) is 0 Å². The molecule has 0 bridgehead atoms. The summed E-state index contributed by atoms with van der Waals surface area (Å²) in [5, 5.41) is 7.33. The first-order valence-electron chi connectivity index (χ1n) is 7.29. The van der Waals surface area contributed by atoms with Gasteiger partial charge in [-0.2, -0.15) is 5.10 Å². The lowest BCUT2D eigenvalue weighted by atomic mass is 10.1. The molecule has 2 rings (SSSR count). The first kappa shape index (κ1) is 15.3. The summed E-state index contributed by atoms with van der Waals surface area (Å²) in [5.74, 6) is 0.100. The summed E-state index contributed by atoms with van der Waals surface area (Å²) in [6.07, 6.45) is 7.65. The van der Waals surface area contributed by atoms with Gasteiger partial charge in [0.2, 0.25) is 5.91 Å². The highest BCUT2D eigenvalue weighted by Gasteiger charge is 2.10. The Hall–Kier alpha value is -2.11. The number of carbonyl (C=O) groups excluding carboxylic acids is 1. The third-order valence-electron chi connectivity index (χ3n) is 3.74. The normalized spacial score (nSPS) is 10.8. The second-order valence-corrected chi connectivity index (χ2v) is 5.28. The van der Waals surface area contributed by atoms with Crippen LogP contribution in [-0.4, -0.2) is 31.8 Å². The lowest BCUT2D eigenvalue weighted by Crippen LogP contribution is -2.25. The molecule has 0 saturated heterocycles. The van der Waals surface area contributed by atoms with Crippen LogP contribution in [0.25, 0.3) is 0 Å². The number of rotatable bonds is 7. The number of nitrogens with zero attached hydrogens (tertiary/aromatic N) is 4. The number of hydrogen-bond acceptors (Lipinski definition) is 3. The van der Waals surface area contributed by atoms with E-state index in [1.165, 1.54) is 5.56 Å². The van der Waals surface area contributed by atoms with E-state index in [1.807, 2.05) is 36.3 Å².